The van der Waals surface area contributed by atoms with E-state index in [1.165, 1.54) is 0 Å². The molecule has 0 radical (unpaired) electrons. The zero-order valence-corrected chi connectivity index (χ0v) is 17.4. The number of H-pyrrole nitrogens is 1. The molecule has 1 aromatic heterocycles. The molecule has 0 saturated carbocycles. The van der Waals surface area contributed by atoms with Crippen LogP contribution in [0.25, 0.3) is 10.9 Å². The molecular formula is C25H23ClN2O2. The Bertz CT molecular complexity index is 1150. The summed E-state index contributed by atoms with van der Waals surface area (Å²) in [6, 6.07) is 23.5. The minimum Gasteiger partial charge on any atom is -0.496 e. The zero-order valence-electron chi connectivity index (χ0n) is 16.7. The highest BCUT2D eigenvalue weighted by molar-refractivity contribution is 6.31. The highest BCUT2D eigenvalue weighted by atomic mass is 35.5. The van der Waals surface area contributed by atoms with Gasteiger partial charge in [0.25, 0.3) is 0 Å². The van der Waals surface area contributed by atoms with Crippen molar-refractivity contribution in [2.45, 2.75) is 18.9 Å². The fourth-order valence-electron chi connectivity index (χ4n) is 3.80. The van der Waals surface area contributed by atoms with Crippen molar-refractivity contribution >= 4 is 28.4 Å². The normalized spacial score (nSPS) is 11.9. The number of halogens is 1. The van der Waals surface area contributed by atoms with Gasteiger partial charge in [-0.2, -0.15) is 0 Å². The molecule has 0 saturated heterocycles. The first kappa shape index (κ1) is 20.0. The Morgan fingerprint density at radius 1 is 1.03 bits per heavy atom. The Balaban J connectivity index is 1.67. The molecule has 1 heterocycles. The molecule has 0 spiro atoms. The standard InChI is InChI=1S/C25H23ClN2O2/c1-30-24-10-6-5-9-19(24)20(14-25(29)28-15-17-7-3-2-4-8-17)22-16-27-23-12-11-18(26)13-21(22)23/h2-13,16,20,27H,14-15H2,1H3,(H,28,29)/t20-/m1/s1. The maximum Gasteiger partial charge on any atom is 0.221 e. The van der Waals surface area contributed by atoms with Crippen LogP contribution in [-0.2, 0) is 11.3 Å². The van der Waals surface area contributed by atoms with Crippen LogP contribution in [0.4, 0.5) is 0 Å². The fraction of sp³-hybridized carbons (Fsp3) is 0.160. The van der Waals surface area contributed by atoms with E-state index in [-0.39, 0.29) is 11.8 Å². The van der Waals surface area contributed by atoms with Crippen molar-refractivity contribution in [1.82, 2.24) is 10.3 Å². The third-order valence-electron chi connectivity index (χ3n) is 5.29. The average molecular weight is 419 g/mol. The monoisotopic (exact) mass is 418 g/mol. The molecule has 4 nitrogen and oxygen atoms in total. The number of fused-ring (bicyclic) bond motifs is 1. The van der Waals surface area contributed by atoms with Crippen LogP contribution in [-0.4, -0.2) is 18.0 Å². The van der Waals surface area contributed by atoms with Crippen LogP contribution >= 0.6 is 11.6 Å². The summed E-state index contributed by atoms with van der Waals surface area (Å²) in [5.74, 6) is 0.560. The van der Waals surface area contributed by atoms with E-state index >= 15 is 0 Å². The number of hydrogen-bond donors (Lipinski definition) is 2. The van der Waals surface area contributed by atoms with Crippen molar-refractivity contribution in [2.75, 3.05) is 7.11 Å². The summed E-state index contributed by atoms with van der Waals surface area (Å²) in [6.07, 6.45) is 2.26. The molecule has 4 aromatic rings. The average Bonchev–Trinajstić information content (AvgIpc) is 3.19. The van der Waals surface area contributed by atoms with Gasteiger partial charge in [-0.25, -0.2) is 0 Å². The van der Waals surface area contributed by atoms with E-state index in [0.29, 0.717) is 18.0 Å². The number of aromatic nitrogens is 1. The number of ether oxygens (including phenoxy) is 1. The van der Waals surface area contributed by atoms with Crippen LogP contribution in [0.3, 0.4) is 0 Å². The molecule has 0 aliphatic rings. The van der Waals surface area contributed by atoms with Gasteiger partial charge < -0.3 is 15.0 Å². The lowest BCUT2D eigenvalue weighted by molar-refractivity contribution is -0.121. The largest absolute Gasteiger partial charge is 0.496 e. The van der Waals surface area contributed by atoms with Crippen molar-refractivity contribution < 1.29 is 9.53 Å². The number of benzene rings is 3. The van der Waals surface area contributed by atoms with Gasteiger partial charge >= 0.3 is 0 Å². The molecule has 1 amide bonds. The van der Waals surface area contributed by atoms with Crippen LogP contribution in [0.1, 0.15) is 29.0 Å². The Labute approximate surface area is 180 Å². The first-order valence-electron chi connectivity index (χ1n) is 9.86. The summed E-state index contributed by atoms with van der Waals surface area (Å²) in [5.41, 5.74) is 4.04. The molecule has 0 aliphatic carbocycles. The molecule has 0 unspecified atom stereocenters. The third-order valence-corrected chi connectivity index (χ3v) is 5.52. The van der Waals surface area contributed by atoms with Gasteiger partial charge in [-0.1, -0.05) is 60.1 Å². The predicted molar refractivity (Wildman–Crippen MR) is 121 cm³/mol. The molecule has 2 N–H and O–H groups in total. The Hall–Kier alpha value is -3.24. The summed E-state index contributed by atoms with van der Waals surface area (Å²) < 4.78 is 5.60. The van der Waals surface area contributed by atoms with E-state index in [0.717, 1.165) is 33.3 Å². The molecule has 152 valence electrons. The van der Waals surface area contributed by atoms with Gasteiger partial charge in [0.15, 0.2) is 0 Å². The number of hydrogen-bond acceptors (Lipinski definition) is 2. The number of methoxy groups -OCH3 is 1. The molecule has 0 bridgehead atoms. The zero-order chi connectivity index (χ0) is 20.9. The highest BCUT2D eigenvalue weighted by Gasteiger charge is 2.24. The van der Waals surface area contributed by atoms with Gasteiger partial charge in [0.2, 0.25) is 5.91 Å². The summed E-state index contributed by atoms with van der Waals surface area (Å²) in [7, 11) is 1.65. The molecule has 1 atom stereocenters. The van der Waals surface area contributed by atoms with Gasteiger partial charge in [-0.15, -0.1) is 0 Å². The lowest BCUT2D eigenvalue weighted by Crippen LogP contribution is -2.25. The van der Waals surface area contributed by atoms with Crippen molar-refractivity contribution in [3.05, 3.63) is 101 Å². The fourth-order valence-corrected chi connectivity index (χ4v) is 3.97. The number of nitrogens with one attached hydrogen (secondary N) is 2. The molecular weight excluding hydrogens is 396 g/mol. The van der Waals surface area contributed by atoms with E-state index in [2.05, 4.69) is 10.3 Å². The molecule has 3 aromatic carbocycles. The number of rotatable bonds is 7. The van der Waals surface area contributed by atoms with Gasteiger partial charge in [-0.05, 0) is 35.4 Å². The lowest BCUT2D eigenvalue weighted by Gasteiger charge is -2.20. The molecule has 30 heavy (non-hydrogen) atoms. The Morgan fingerprint density at radius 2 is 1.80 bits per heavy atom. The first-order chi connectivity index (χ1) is 14.7. The number of carbonyl (C=O) groups excluding carboxylic acids is 1. The van der Waals surface area contributed by atoms with E-state index in [4.69, 9.17) is 16.3 Å². The minimum atomic E-state index is -0.177. The SMILES string of the molecule is COc1ccccc1[C@@H](CC(=O)NCc1ccccc1)c1c[nH]c2ccc(Cl)cc12. The maximum absolute atomic E-state index is 12.9. The van der Waals surface area contributed by atoms with E-state index in [9.17, 15) is 4.79 Å². The summed E-state index contributed by atoms with van der Waals surface area (Å²) in [4.78, 5) is 16.2. The second-order valence-electron chi connectivity index (χ2n) is 7.19. The van der Waals surface area contributed by atoms with Crippen molar-refractivity contribution in [3.63, 3.8) is 0 Å². The quantitative estimate of drug-likeness (QED) is 0.406. The summed E-state index contributed by atoms with van der Waals surface area (Å²) in [6.45, 7) is 0.498. The third kappa shape index (κ3) is 4.34. The predicted octanol–water partition coefficient (Wildman–Crippen LogP) is 5.67. The van der Waals surface area contributed by atoms with Crippen LogP contribution < -0.4 is 10.1 Å². The minimum absolute atomic E-state index is 0.0221. The molecule has 0 aliphatic heterocycles. The Morgan fingerprint density at radius 3 is 2.60 bits per heavy atom. The topological polar surface area (TPSA) is 54.1 Å². The lowest BCUT2D eigenvalue weighted by atomic mass is 9.87. The van der Waals surface area contributed by atoms with Crippen molar-refractivity contribution in [1.29, 1.82) is 0 Å². The number of carbonyl (C=O) groups is 1. The molecule has 5 heteroatoms. The van der Waals surface area contributed by atoms with Gasteiger partial charge in [0.1, 0.15) is 5.75 Å². The van der Waals surface area contributed by atoms with Gasteiger partial charge in [-0.3, -0.25) is 4.79 Å². The summed E-state index contributed by atoms with van der Waals surface area (Å²) >= 11 is 6.26. The highest BCUT2D eigenvalue weighted by Crippen LogP contribution is 2.38. The van der Waals surface area contributed by atoms with Gasteiger partial charge in [0.05, 0.1) is 7.11 Å². The number of para-hydroxylation sites is 1. The van der Waals surface area contributed by atoms with Crippen LogP contribution in [0, 0.1) is 0 Å². The van der Waals surface area contributed by atoms with Crippen molar-refractivity contribution in [3.8, 4) is 5.75 Å². The van der Waals surface area contributed by atoms with E-state index in [1.54, 1.807) is 7.11 Å². The number of amides is 1. The number of aromatic amines is 1. The molecule has 4 rings (SSSR count). The second kappa shape index (κ2) is 9.06. The first-order valence-corrected chi connectivity index (χ1v) is 10.2. The van der Waals surface area contributed by atoms with Crippen LogP contribution in [0.15, 0.2) is 79.0 Å². The smallest absolute Gasteiger partial charge is 0.221 e. The van der Waals surface area contributed by atoms with Crippen LogP contribution in [0.2, 0.25) is 5.02 Å². The second-order valence-corrected chi connectivity index (χ2v) is 7.63. The van der Waals surface area contributed by atoms with E-state index < -0.39 is 0 Å². The van der Waals surface area contributed by atoms with Crippen LogP contribution in [0.5, 0.6) is 5.75 Å². The van der Waals surface area contributed by atoms with E-state index in [1.807, 2.05) is 79.0 Å². The summed E-state index contributed by atoms with van der Waals surface area (Å²) in [5, 5.41) is 4.71. The Kier molecular flexibility index (Phi) is 6.05. The molecule has 0 fully saturated rings. The van der Waals surface area contributed by atoms with Gasteiger partial charge in [0, 0.05) is 46.6 Å². The van der Waals surface area contributed by atoms with Crippen molar-refractivity contribution in [2.24, 2.45) is 0 Å². The maximum atomic E-state index is 12.9.